The molecule has 2 rings (SSSR count). The van der Waals surface area contributed by atoms with E-state index in [1.165, 1.54) is 7.11 Å². The van der Waals surface area contributed by atoms with Gasteiger partial charge in [-0.1, -0.05) is 36.4 Å². The van der Waals surface area contributed by atoms with Crippen molar-refractivity contribution in [1.82, 2.24) is 0 Å². The molecular formula is C15H13IO3. The Hall–Kier alpha value is -1.56. The van der Waals surface area contributed by atoms with Gasteiger partial charge in [0.05, 0.1) is 10.7 Å². The van der Waals surface area contributed by atoms with E-state index in [2.05, 4.69) is 0 Å². The highest BCUT2D eigenvalue weighted by atomic mass is 127. The summed E-state index contributed by atoms with van der Waals surface area (Å²) in [7, 11) is 1.38. The van der Waals surface area contributed by atoms with E-state index in [4.69, 9.17) is 4.74 Å². The number of halogens is 1. The molecule has 1 N–H and O–H groups in total. The lowest BCUT2D eigenvalue weighted by Crippen LogP contribution is -2.15. The van der Waals surface area contributed by atoms with Crippen LogP contribution in [0.25, 0.3) is 0 Å². The summed E-state index contributed by atoms with van der Waals surface area (Å²) in [6.07, 6.45) is 0. The van der Waals surface area contributed by atoms with Gasteiger partial charge in [0, 0.05) is 0 Å². The minimum absolute atomic E-state index is 0.209. The molecule has 0 heterocycles. The third kappa shape index (κ3) is 3.07. The van der Waals surface area contributed by atoms with Crippen LogP contribution in [0.1, 0.15) is 17.0 Å². The lowest BCUT2D eigenvalue weighted by molar-refractivity contribution is -0.141. The van der Waals surface area contributed by atoms with Crippen LogP contribution in [0.15, 0.2) is 48.5 Å². The Kier molecular flexibility index (Phi) is 4.42. The summed E-state index contributed by atoms with van der Waals surface area (Å²) < 4.78 is 5.60. The summed E-state index contributed by atoms with van der Waals surface area (Å²) >= 11 is 2.04. The van der Waals surface area contributed by atoms with Crippen molar-refractivity contribution in [3.05, 3.63) is 63.2 Å². The van der Waals surface area contributed by atoms with Crippen molar-refractivity contribution in [3.63, 3.8) is 0 Å². The van der Waals surface area contributed by atoms with Gasteiger partial charge in [0.25, 0.3) is 0 Å². The fourth-order valence-electron chi connectivity index (χ4n) is 1.93. The Labute approximate surface area is 125 Å². The molecule has 4 heteroatoms. The molecule has 3 nitrogen and oxygen atoms in total. The first-order chi connectivity index (χ1) is 9.13. The average Bonchev–Trinajstić information content (AvgIpc) is 2.44. The van der Waals surface area contributed by atoms with E-state index in [-0.39, 0.29) is 11.7 Å². The molecule has 0 aliphatic heterocycles. The van der Waals surface area contributed by atoms with Crippen molar-refractivity contribution in [2.45, 2.75) is 5.92 Å². The summed E-state index contributed by atoms with van der Waals surface area (Å²) in [5, 5.41) is 9.57. The van der Waals surface area contributed by atoms with Crippen LogP contribution in [0.3, 0.4) is 0 Å². The van der Waals surface area contributed by atoms with Crippen LogP contribution in [0.2, 0.25) is 0 Å². The Morgan fingerprint density at radius 2 is 1.84 bits per heavy atom. The minimum Gasteiger partial charge on any atom is -0.507 e. The van der Waals surface area contributed by atoms with Gasteiger partial charge in [-0.05, 0) is 45.9 Å². The first kappa shape index (κ1) is 13.9. The van der Waals surface area contributed by atoms with E-state index < -0.39 is 5.92 Å². The maximum Gasteiger partial charge on any atom is 0.317 e. The number of carbonyl (C=O) groups excluding carboxylic acids is 1. The highest BCUT2D eigenvalue weighted by molar-refractivity contribution is 14.1. The number of phenols is 1. The number of aromatic hydroxyl groups is 1. The molecule has 0 aromatic heterocycles. The number of benzene rings is 2. The van der Waals surface area contributed by atoms with Gasteiger partial charge in [0.2, 0.25) is 0 Å². The van der Waals surface area contributed by atoms with Crippen molar-refractivity contribution in [1.29, 1.82) is 0 Å². The molecule has 0 saturated carbocycles. The zero-order valence-electron chi connectivity index (χ0n) is 10.3. The predicted molar refractivity (Wildman–Crippen MR) is 81.1 cm³/mol. The monoisotopic (exact) mass is 368 g/mol. The molecule has 0 saturated heterocycles. The second kappa shape index (κ2) is 6.06. The first-order valence-corrected chi connectivity index (χ1v) is 6.82. The van der Waals surface area contributed by atoms with Gasteiger partial charge in [-0.2, -0.15) is 0 Å². The summed E-state index contributed by atoms with van der Waals surface area (Å²) in [4.78, 5) is 12.0. The number of methoxy groups -OCH3 is 1. The molecule has 1 atom stereocenters. The first-order valence-electron chi connectivity index (χ1n) is 5.74. The lowest BCUT2D eigenvalue weighted by atomic mass is 9.91. The average molecular weight is 368 g/mol. The lowest BCUT2D eigenvalue weighted by Gasteiger charge is -2.16. The van der Waals surface area contributed by atoms with Crippen LogP contribution in [-0.4, -0.2) is 18.2 Å². The zero-order chi connectivity index (χ0) is 13.8. The molecule has 0 radical (unpaired) electrons. The van der Waals surface area contributed by atoms with E-state index in [1.54, 1.807) is 18.2 Å². The minimum atomic E-state index is -0.472. The van der Waals surface area contributed by atoms with E-state index in [0.717, 1.165) is 11.1 Å². The van der Waals surface area contributed by atoms with Crippen molar-refractivity contribution < 1.29 is 14.6 Å². The topological polar surface area (TPSA) is 46.5 Å². The normalized spacial score (nSPS) is 11.9. The smallest absolute Gasteiger partial charge is 0.317 e. The van der Waals surface area contributed by atoms with Crippen LogP contribution in [0.4, 0.5) is 0 Å². The molecule has 0 bridgehead atoms. The van der Waals surface area contributed by atoms with Crippen LogP contribution in [0.5, 0.6) is 5.75 Å². The molecular weight excluding hydrogens is 355 g/mol. The number of carbonyl (C=O) groups is 1. The second-order valence-electron chi connectivity index (χ2n) is 4.08. The summed E-state index contributed by atoms with van der Waals surface area (Å²) in [6, 6.07) is 14.6. The molecule has 2 aromatic rings. The number of phenolic OH excluding ortho intramolecular Hbond substituents is 1. The molecule has 98 valence electrons. The maximum atomic E-state index is 12.0. The Morgan fingerprint density at radius 1 is 1.16 bits per heavy atom. The second-order valence-corrected chi connectivity index (χ2v) is 5.24. The summed E-state index contributed by atoms with van der Waals surface area (Å²) in [5.41, 5.74) is 1.68. The number of rotatable bonds is 3. The molecule has 0 spiro atoms. The third-order valence-electron chi connectivity index (χ3n) is 2.87. The van der Waals surface area contributed by atoms with Crippen LogP contribution < -0.4 is 0 Å². The molecule has 0 fully saturated rings. The highest BCUT2D eigenvalue weighted by Gasteiger charge is 2.23. The van der Waals surface area contributed by atoms with Crippen LogP contribution in [0, 0.1) is 3.57 Å². The molecule has 0 aliphatic carbocycles. The maximum absolute atomic E-state index is 12.0. The Morgan fingerprint density at radius 3 is 2.42 bits per heavy atom. The fraction of sp³-hybridized carbons (Fsp3) is 0.133. The number of esters is 1. The van der Waals surface area contributed by atoms with Crippen molar-refractivity contribution in [2.24, 2.45) is 0 Å². The zero-order valence-corrected chi connectivity index (χ0v) is 12.5. The van der Waals surface area contributed by atoms with Crippen molar-refractivity contribution >= 4 is 28.6 Å². The quantitative estimate of drug-likeness (QED) is 0.668. The van der Waals surface area contributed by atoms with Gasteiger partial charge >= 0.3 is 5.97 Å². The number of ether oxygens (including phenoxy) is 1. The van der Waals surface area contributed by atoms with Gasteiger partial charge in [-0.15, -0.1) is 0 Å². The van der Waals surface area contributed by atoms with Gasteiger partial charge < -0.3 is 9.84 Å². The molecule has 1 unspecified atom stereocenters. The van der Waals surface area contributed by atoms with Crippen molar-refractivity contribution in [2.75, 3.05) is 7.11 Å². The summed E-state index contributed by atoms with van der Waals surface area (Å²) in [5.74, 6) is -0.575. The highest BCUT2D eigenvalue weighted by Crippen LogP contribution is 2.30. The van der Waals surface area contributed by atoms with Crippen LogP contribution in [-0.2, 0) is 9.53 Å². The van der Waals surface area contributed by atoms with Gasteiger partial charge in [0.1, 0.15) is 11.7 Å². The molecule has 2 aromatic carbocycles. The third-order valence-corrected chi connectivity index (χ3v) is 3.74. The Bertz CT molecular complexity index is 581. The number of hydrogen-bond donors (Lipinski definition) is 1. The molecule has 19 heavy (non-hydrogen) atoms. The standard InChI is InChI=1S/C15H13IO3/c1-19-15(18)14(10-5-3-2-4-6-10)11-7-8-13(17)12(16)9-11/h2-9,14,17H,1H3. The van der Waals surface area contributed by atoms with Gasteiger partial charge in [-0.25, -0.2) is 0 Å². The van der Waals surface area contributed by atoms with E-state index in [9.17, 15) is 9.90 Å². The van der Waals surface area contributed by atoms with Gasteiger partial charge in [0.15, 0.2) is 0 Å². The summed E-state index contributed by atoms with van der Waals surface area (Å²) in [6.45, 7) is 0. The van der Waals surface area contributed by atoms with E-state index in [0.29, 0.717) is 3.57 Å². The predicted octanol–water partition coefficient (Wildman–Crippen LogP) is 3.30. The van der Waals surface area contributed by atoms with Gasteiger partial charge in [-0.3, -0.25) is 4.79 Å². The Balaban J connectivity index is 2.49. The van der Waals surface area contributed by atoms with Crippen molar-refractivity contribution in [3.8, 4) is 5.75 Å². The van der Waals surface area contributed by atoms with E-state index >= 15 is 0 Å². The molecule has 0 amide bonds. The van der Waals surface area contributed by atoms with Crippen LogP contribution >= 0.6 is 22.6 Å². The molecule has 0 aliphatic rings. The largest absolute Gasteiger partial charge is 0.507 e. The number of hydrogen-bond acceptors (Lipinski definition) is 3. The SMILES string of the molecule is COC(=O)C(c1ccccc1)c1ccc(O)c(I)c1. The fourth-order valence-corrected chi connectivity index (χ4v) is 2.47. The van der Waals surface area contributed by atoms with E-state index in [1.807, 2.05) is 52.9 Å².